The molecule has 0 unspecified atom stereocenters. The fourth-order valence-electron chi connectivity index (χ4n) is 2.16. The number of rotatable bonds is 3. The van der Waals surface area contributed by atoms with Gasteiger partial charge in [-0.15, -0.1) is 0 Å². The molecule has 2 aliphatic rings. The Morgan fingerprint density at radius 3 is 2.47 bits per heavy atom. The number of allylic oxidation sites excluding steroid dienone is 1. The van der Waals surface area contributed by atoms with E-state index in [0.717, 1.165) is 11.3 Å². The van der Waals surface area contributed by atoms with Crippen molar-refractivity contribution in [2.75, 3.05) is 6.54 Å². The molecule has 0 amide bonds. The summed E-state index contributed by atoms with van der Waals surface area (Å²) in [5.41, 5.74) is 1.99. The van der Waals surface area contributed by atoms with Crippen molar-refractivity contribution in [2.24, 2.45) is 16.8 Å². The van der Waals surface area contributed by atoms with E-state index in [2.05, 4.69) is 18.8 Å². The molecule has 2 rings (SSSR count). The summed E-state index contributed by atoms with van der Waals surface area (Å²) in [6.45, 7) is 8.37. The molecule has 6 heteroatoms. The molecule has 0 aromatic heterocycles. The van der Waals surface area contributed by atoms with E-state index in [1.165, 1.54) is 0 Å². The van der Waals surface area contributed by atoms with Gasteiger partial charge in [0, 0.05) is 6.20 Å². The number of hydrogen-bond acceptors (Lipinski definition) is 4. The smallest absolute Gasteiger partial charge is 0.346 e. The van der Waals surface area contributed by atoms with Crippen molar-refractivity contribution in [3.8, 4) is 0 Å². The summed E-state index contributed by atoms with van der Waals surface area (Å²) in [6.07, 6.45) is 1.90. The van der Waals surface area contributed by atoms with Gasteiger partial charge in [-0.3, -0.25) is 0 Å². The van der Waals surface area contributed by atoms with Crippen LogP contribution in [0.3, 0.4) is 0 Å². The summed E-state index contributed by atoms with van der Waals surface area (Å²) in [7, 11) is -1.65. The Labute approximate surface area is 114 Å². The van der Waals surface area contributed by atoms with Crippen molar-refractivity contribution >= 4 is 31.6 Å². The summed E-state index contributed by atoms with van der Waals surface area (Å²) < 4.78 is 12.1. The van der Waals surface area contributed by atoms with Gasteiger partial charge in [0.2, 0.25) is 5.11 Å². The fourth-order valence-corrected chi connectivity index (χ4v) is 3.31. The van der Waals surface area contributed by atoms with E-state index in [1.807, 2.05) is 20.0 Å². The molecule has 104 valence electrons. The van der Waals surface area contributed by atoms with Gasteiger partial charge in [-0.25, -0.2) is 14.0 Å². The van der Waals surface area contributed by atoms with Gasteiger partial charge >= 0.3 is 5.97 Å². The molecule has 0 radical (unpaired) electrons. The Hall–Kier alpha value is -1.56. The Kier molecular flexibility index (Phi) is 3.54. The molecule has 0 aliphatic carbocycles. The SMILES string of the molecule is CC(C)C1=CN2CC(C(=O)O)=S(=O)=C2N=C1C(C)C. The lowest BCUT2D eigenvalue weighted by molar-refractivity contribution is -0.129. The van der Waals surface area contributed by atoms with Crippen LogP contribution in [0.2, 0.25) is 0 Å². The van der Waals surface area contributed by atoms with Gasteiger partial charge in [0.05, 0.1) is 22.2 Å². The number of aliphatic carboxylic acids is 1. The van der Waals surface area contributed by atoms with Crippen LogP contribution in [0.4, 0.5) is 0 Å². The standard InChI is InChI=1S/C13H18N2O3S/c1-7(2)9-5-15-6-10(12(16)17)19(18)13(15)14-11(9)8(3)4/h5,7-8H,6H2,1-4H3,(H,16,17). The van der Waals surface area contributed by atoms with Crippen molar-refractivity contribution in [2.45, 2.75) is 27.7 Å². The maximum absolute atomic E-state index is 12.1. The molecule has 0 saturated carbocycles. The lowest BCUT2D eigenvalue weighted by Gasteiger charge is -2.27. The van der Waals surface area contributed by atoms with E-state index in [0.29, 0.717) is 11.0 Å². The normalized spacial score (nSPS) is 19.1. The van der Waals surface area contributed by atoms with Gasteiger partial charge in [0.1, 0.15) is 4.86 Å². The number of aliphatic imine (C=N–C) groups is 1. The topological polar surface area (TPSA) is 70.0 Å². The Morgan fingerprint density at radius 1 is 1.37 bits per heavy atom. The highest BCUT2D eigenvalue weighted by atomic mass is 32.1. The average Bonchev–Trinajstić information content (AvgIpc) is 2.65. The molecule has 0 spiro atoms. The molecular formula is C13H18N2O3S. The van der Waals surface area contributed by atoms with Crippen LogP contribution in [0, 0.1) is 11.8 Å². The summed E-state index contributed by atoms with van der Waals surface area (Å²) in [6, 6.07) is 0. The predicted octanol–water partition coefficient (Wildman–Crippen LogP) is 1.05. The largest absolute Gasteiger partial charge is 0.477 e. The first-order chi connectivity index (χ1) is 8.82. The molecule has 0 atom stereocenters. The molecule has 2 heterocycles. The number of fused-ring (bicyclic) bond motifs is 1. The van der Waals surface area contributed by atoms with Crippen LogP contribution in [0.25, 0.3) is 0 Å². The first-order valence-electron chi connectivity index (χ1n) is 6.28. The van der Waals surface area contributed by atoms with Gasteiger partial charge in [-0.1, -0.05) is 27.7 Å². The molecule has 2 aliphatic heterocycles. The number of nitrogens with zero attached hydrogens (tertiary/aromatic N) is 2. The Balaban J connectivity index is 2.58. The van der Waals surface area contributed by atoms with Crippen molar-refractivity contribution in [1.82, 2.24) is 4.90 Å². The zero-order chi connectivity index (χ0) is 14.3. The molecule has 19 heavy (non-hydrogen) atoms. The van der Waals surface area contributed by atoms with Gasteiger partial charge in [0.15, 0.2) is 0 Å². The average molecular weight is 282 g/mol. The Bertz CT molecular complexity index is 639. The number of carboxylic acid groups (broad SMARTS) is 1. The van der Waals surface area contributed by atoms with Crippen LogP contribution in [-0.4, -0.2) is 42.4 Å². The van der Waals surface area contributed by atoms with Crippen molar-refractivity contribution in [1.29, 1.82) is 0 Å². The summed E-state index contributed by atoms with van der Waals surface area (Å²) in [5.74, 6) is -0.597. The molecule has 5 nitrogen and oxygen atoms in total. The molecule has 0 saturated heterocycles. The van der Waals surface area contributed by atoms with Crippen molar-refractivity contribution in [3.63, 3.8) is 0 Å². The van der Waals surface area contributed by atoms with E-state index in [-0.39, 0.29) is 17.3 Å². The minimum Gasteiger partial charge on any atom is -0.477 e. The van der Waals surface area contributed by atoms with Crippen LogP contribution in [-0.2, 0) is 14.8 Å². The molecular weight excluding hydrogens is 264 g/mol. The van der Waals surface area contributed by atoms with E-state index < -0.39 is 15.9 Å². The van der Waals surface area contributed by atoms with E-state index in [1.54, 1.807) is 4.90 Å². The zero-order valence-electron chi connectivity index (χ0n) is 11.5. The molecule has 0 bridgehead atoms. The third-order valence-corrected chi connectivity index (χ3v) is 4.57. The van der Waals surface area contributed by atoms with E-state index in [4.69, 9.17) is 5.11 Å². The minimum atomic E-state index is -1.65. The first-order valence-corrected chi connectivity index (χ1v) is 7.43. The second-order valence-corrected chi connectivity index (χ2v) is 6.69. The molecule has 1 N–H and O–H groups in total. The first kappa shape index (κ1) is 13.9. The maximum atomic E-state index is 12.1. The monoisotopic (exact) mass is 282 g/mol. The van der Waals surface area contributed by atoms with Crippen LogP contribution in [0.1, 0.15) is 27.7 Å². The van der Waals surface area contributed by atoms with Gasteiger partial charge in [-0.2, -0.15) is 0 Å². The number of hydrogen-bond donors (Lipinski definition) is 1. The maximum Gasteiger partial charge on any atom is 0.346 e. The van der Waals surface area contributed by atoms with E-state index in [9.17, 15) is 9.00 Å². The quantitative estimate of drug-likeness (QED) is 0.785. The van der Waals surface area contributed by atoms with Gasteiger partial charge < -0.3 is 10.0 Å². The summed E-state index contributed by atoms with van der Waals surface area (Å²) in [4.78, 5) is 17.2. The highest BCUT2D eigenvalue weighted by Gasteiger charge is 2.30. The van der Waals surface area contributed by atoms with Gasteiger partial charge in [0.25, 0.3) is 0 Å². The highest BCUT2D eigenvalue weighted by molar-refractivity contribution is 7.86. The number of carbonyl (C=O) groups is 1. The van der Waals surface area contributed by atoms with Crippen LogP contribution in [0.5, 0.6) is 0 Å². The van der Waals surface area contributed by atoms with Crippen LogP contribution < -0.4 is 0 Å². The fraction of sp³-hybridized carbons (Fsp3) is 0.538. The van der Waals surface area contributed by atoms with Crippen molar-refractivity contribution < 1.29 is 14.1 Å². The van der Waals surface area contributed by atoms with Gasteiger partial charge in [-0.05, 0) is 17.4 Å². The van der Waals surface area contributed by atoms with Crippen molar-refractivity contribution in [3.05, 3.63) is 11.8 Å². The minimum absolute atomic E-state index is 0.00288. The summed E-state index contributed by atoms with van der Waals surface area (Å²) >= 11 is 0. The Morgan fingerprint density at radius 2 is 2.00 bits per heavy atom. The third kappa shape index (κ3) is 2.32. The molecule has 0 aromatic rings. The number of carboxylic acids is 1. The molecule has 0 aromatic carbocycles. The van der Waals surface area contributed by atoms with E-state index >= 15 is 0 Å². The second kappa shape index (κ2) is 4.85. The highest BCUT2D eigenvalue weighted by Crippen LogP contribution is 2.23. The van der Waals surface area contributed by atoms with Crippen LogP contribution in [0.15, 0.2) is 16.8 Å². The zero-order valence-corrected chi connectivity index (χ0v) is 12.3. The summed E-state index contributed by atoms with van der Waals surface area (Å²) in [5, 5.41) is 9.39. The lowest BCUT2D eigenvalue weighted by Crippen LogP contribution is -2.33. The third-order valence-electron chi connectivity index (χ3n) is 3.16. The van der Waals surface area contributed by atoms with Crippen LogP contribution >= 0.6 is 0 Å². The lowest BCUT2D eigenvalue weighted by atomic mass is 9.91. The predicted molar refractivity (Wildman–Crippen MR) is 77.7 cm³/mol. The molecule has 0 fully saturated rings. The second-order valence-electron chi connectivity index (χ2n) is 5.30.